The highest BCUT2D eigenvalue weighted by atomic mass is 35.5. The van der Waals surface area contributed by atoms with Crippen LogP contribution in [-0.2, 0) is 6.54 Å². The molecule has 35 heavy (non-hydrogen) atoms. The van der Waals surface area contributed by atoms with E-state index in [4.69, 9.17) is 28.2 Å². The number of piperazine rings is 1. The lowest BCUT2D eigenvalue weighted by Crippen LogP contribution is -2.46. The van der Waals surface area contributed by atoms with Crippen molar-refractivity contribution in [2.75, 3.05) is 42.5 Å². The molecule has 4 aromatic rings. The zero-order valence-electron chi connectivity index (χ0n) is 19.4. The van der Waals surface area contributed by atoms with E-state index in [9.17, 15) is 0 Å². The normalized spacial score (nSPS) is 19.1. The molecule has 0 aliphatic carbocycles. The molecule has 0 unspecified atom stereocenters. The van der Waals surface area contributed by atoms with Gasteiger partial charge >= 0.3 is 0 Å². The number of aromatic nitrogens is 4. The second kappa shape index (κ2) is 9.64. The third-order valence-electron chi connectivity index (χ3n) is 6.99. The summed E-state index contributed by atoms with van der Waals surface area (Å²) in [7, 11) is 0. The maximum atomic E-state index is 6.21. The molecule has 4 heterocycles. The van der Waals surface area contributed by atoms with Crippen molar-refractivity contribution in [2.24, 2.45) is 0 Å². The molecule has 0 bridgehead atoms. The molecule has 7 nitrogen and oxygen atoms in total. The van der Waals surface area contributed by atoms with E-state index in [0.29, 0.717) is 10.0 Å². The Kier molecular flexibility index (Phi) is 6.22. The third-order valence-corrected chi connectivity index (χ3v) is 7.71. The SMILES string of the molecule is Clc1cc2nc([C@@H]3CCCN3c3cc(N4CCN(Cc5ccccc5)CC4)ncn3)[nH]c2cc1Cl. The minimum absolute atomic E-state index is 0.130. The van der Waals surface area contributed by atoms with Gasteiger partial charge in [0, 0.05) is 45.3 Å². The molecule has 0 saturated carbocycles. The predicted octanol–water partition coefficient (Wildman–Crippen LogP) is 5.32. The number of hydrogen-bond donors (Lipinski definition) is 1. The lowest BCUT2D eigenvalue weighted by atomic mass is 10.2. The number of aromatic amines is 1. The Morgan fingerprint density at radius 2 is 1.66 bits per heavy atom. The number of rotatable bonds is 5. The van der Waals surface area contributed by atoms with Gasteiger partial charge in [-0.05, 0) is 30.5 Å². The van der Waals surface area contributed by atoms with Gasteiger partial charge < -0.3 is 14.8 Å². The molecule has 9 heteroatoms. The van der Waals surface area contributed by atoms with E-state index < -0.39 is 0 Å². The molecule has 2 saturated heterocycles. The van der Waals surface area contributed by atoms with Crippen LogP contribution >= 0.6 is 23.2 Å². The van der Waals surface area contributed by atoms with Crippen LogP contribution in [0.15, 0.2) is 54.9 Å². The Morgan fingerprint density at radius 3 is 2.49 bits per heavy atom. The summed E-state index contributed by atoms with van der Waals surface area (Å²) in [4.78, 5) is 24.7. The first-order chi connectivity index (χ1) is 17.1. The van der Waals surface area contributed by atoms with Gasteiger partial charge in [-0.3, -0.25) is 4.90 Å². The van der Waals surface area contributed by atoms with E-state index in [1.165, 1.54) is 5.56 Å². The van der Waals surface area contributed by atoms with Gasteiger partial charge in [0.05, 0.1) is 27.1 Å². The molecule has 1 N–H and O–H groups in total. The average molecular weight is 508 g/mol. The van der Waals surface area contributed by atoms with Crippen LogP contribution in [0.5, 0.6) is 0 Å². The molecule has 2 aliphatic rings. The van der Waals surface area contributed by atoms with Crippen LogP contribution in [0.3, 0.4) is 0 Å². The van der Waals surface area contributed by atoms with Crippen LogP contribution in [0.2, 0.25) is 10.0 Å². The summed E-state index contributed by atoms with van der Waals surface area (Å²) >= 11 is 12.4. The van der Waals surface area contributed by atoms with Crippen molar-refractivity contribution >= 4 is 45.9 Å². The van der Waals surface area contributed by atoms with Gasteiger partial charge in [0.15, 0.2) is 0 Å². The van der Waals surface area contributed by atoms with Crippen LogP contribution in [0.1, 0.15) is 30.3 Å². The van der Waals surface area contributed by atoms with Gasteiger partial charge in [-0.25, -0.2) is 15.0 Å². The Balaban J connectivity index is 1.17. The number of H-pyrrole nitrogens is 1. The van der Waals surface area contributed by atoms with Gasteiger partial charge in [-0.1, -0.05) is 53.5 Å². The van der Waals surface area contributed by atoms with Crippen molar-refractivity contribution in [1.82, 2.24) is 24.8 Å². The molecule has 2 aliphatic heterocycles. The number of halogens is 2. The van der Waals surface area contributed by atoms with Crippen molar-refractivity contribution in [3.05, 3.63) is 76.3 Å². The lowest BCUT2D eigenvalue weighted by molar-refractivity contribution is 0.249. The van der Waals surface area contributed by atoms with Crippen LogP contribution in [-0.4, -0.2) is 57.6 Å². The fraction of sp³-hybridized carbons (Fsp3) is 0.346. The Bertz CT molecular complexity index is 1280. The second-order valence-corrected chi connectivity index (χ2v) is 10.1. The van der Waals surface area contributed by atoms with Crippen LogP contribution < -0.4 is 9.80 Å². The average Bonchev–Trinajstić information content (AvgIpc) is 3.53. The van der Waals surface area contributed by atoms with Crippen LogP contribution in [0, 0.1) is 0 Å². The molecule has 0 radical (unpaired) electrons. The van der Waals surface area contributed by atoms with E-state index in [1.54, 1.807) is 6.33 Å². The summed E-state index contributed by atoms with van der Waals surface area (Å²) in [6.45, 7) is 5.88. The van der Waals surface area contributed by atoms with Crippen LogP contribution in [0.25, 0.3) is 11.0 Å². The van der Waals surface area contributed by atoms with Crippen molar-refractivity contribution in [1.29, 1.82) is 0 Å². The summed E-state index contributed by atoms with van der Waals surface area (Å²) in [5, 5.41) is 1.05. The minimum Gasteiger partial charge on any atom is -0.354 e. The largest absolute Gasteiger partial charge is 0.354 e. The summed E-state index contributed by atoms with van der Waals surface area (Å²) in [6, 6.07) is 16.6. The quantitative estimate of drug-likeness (QED) is 0.394. The fourth-order valence-electron chi connectivity index (χ4n) is 5.15. The molecule has 6 rings (SSSR count). The second-order valence-electron chi connectivity index (χ2n) is 9.24. The standard InChI is InChI=1S/C26H27Cl2N7/c27-19-13-21-22(14-20(19)28)32-26(31-21)23-7-4-8-35(23)25-15-24(29-17-30-25)34-11-9-33(10-12-34)16-18-5-2-1-3-6-18/h1-3,5-6,13-15,17,23H,4,7-12,16H2,(H,31,32)/t23-/m0/s1. The van der Waals surface area contributed by atoms with E-state index in [1.807, 2.05) is 12.1 Å². The molecule has 0 spiro atoms. The maximum absolute atomic E-state index is 6.21. The van der Waals surface area contributed by atoms with E-state index in [2.05, 4.69) is 66.0 Å². The number of nitrogens with zero attached hydrogens (tertiary/aromatic N) is 6. The van der Waals surface area contributed by atoms with E-state index >= 15 is 0 Å². The summed E-state index contributed by atoms with van der Waals surface area (Å²) < 4.78 is 0. The number of fused-ring (bicyclic) bond motifs is 1. The topological polar surface area (TPSA) is 64.2 Å². The third kappa shape index (κ3) is 4.68. The number of benzene rings is 2. The smallest absolute Gasteiger partial charge is 0.134 e. The number of imidazole rings is 1. The van der Waals surface area contributed by atoms with E-state index in [0.717, 1.165) is 80.6 Å². The summed E-state index contributed by atoms with van der Waals surface area (Å²) in [5.74, 6) is 2.86. The fourth-order valence-corrected chi connectivity index (χ4v) is 5.47. The molecule has 180 valence electrons. The Morgan fingerprint density at radius 1 is 0.886 bits per heavy atom. The van der Waals surface area contributed by atoms with Gasteiger partial charge in [-0.15, -0.1) is 0 Å². The van der Waals surface area contributed by atoms with E-state index in [-0.39, 0.29) is 6.04 Å². The molecular formula is C26H27Cl2N7. The molecule has 2 fully saturated rings. The van der Waals surface area contributed by atoms with Gasteiger partial charge in [-0.2, -0.15) is 0 Å². The van der Waals surface area contributed by atoms with Gasteiger partial charge in [0.1, 0.15) is 23.8 Å². The highest BCUT2D eigenvalue weighted by molar-refractivity contribution is 6.42. The first kappa shape index (κ1) is 22.6. The van der Waals surface area contributed by atoms with Crippen LogP contribution in [0.4, 0.5) is 11.6 Å². The Labute approximate surface area is 214 Å². The maximum Gasteiger partial charge on any atom is 0.134 e. The first-order valence-corrected chi connectivity index (χ1v) is 12.8. The summed E-state index contributed by atoms with van der Waals surface area (Å²) in [6.07, 6.45) is 3.79. The number of anilines is 2. The summed E-state index contributed by atoms with van der Waals surface area (Å²) in [5.41, 5.74) is 3.09. The predicted molar refractivity (Wildman–Crippen MR) is 141 cm³/mol. The van der Waals surface area contributed by atoms with Crippen molar-refractivity contribution in [3.63, 3.8) is 0 Å². The number of hydrogen-bond acceptors (Lipinski definition) is 6. The Hall–Kier alpha value is -2.87. The lowest BCUT2D eigenvalue weighted by Gasteiger charge is -2.35. The van der Waals surface area contributed by atoms with Gasteiger partial charge in [0.25, 0.3) is 0 Å². The molecule has 2 aromatic heterocycles. The molecule has 0 amide bonds. The zero-order valence-corrected chi connectivity index (χ0v) is 20.9. The van der Waals surface area contributed by atoms with Crippen molar-refractivity contribution in [3.8, 4) is 0 Å². The molecule has 2 aromatic carbocycles. The highest BCUT2D eigenvalue weighted by Gasteiger charge is 2.30. The monoisotopic (exact) mass is 507 g/mol. The van der Waals surface area contributed by atoms with Crippen molar-refractivity contribution in [2.45, 2.75) is 25.4 Å². The zero-order chi connectivity index (χ0) is 23.8. The van der Waals surface area contributed by atoms with Crippen molar-refractivity contribution < 1.29 is 0 Å². The molecular weight excluding hydrogens is 481 g/mol. The first-order valence-electron chi connectivity index (χ1n) is 12.1. The highest BCUT2D eigenvalue weighted by Crippen LogP contribution is 2.36. The van der Waals surface area contributed by atoms with Gasteiger partial charge in [0.2, 0.25) is 0 Å². The molecule has 1 atom stereocenters. The number of nitrogens with one attached hydrogen (secondary N) is 1. The minimum atomic E-state index is 0.130.